The molecule has 1 aromatic carbocycles. The van der Waals surface area contributed by atoms with E-state index in [1.807, 2.05) is 37.3 Å². The summed E-state index contributed by atoms with van der Waals surface area (Å²) in [4.78, 5) is 31.0. The lowest BCUT2D eigenvalue weighted by Crippen LogP contribution is -2.42. The lowest BCUT2D eigenvalue weighted by Gasteiger charge is -2.26. The minimum absolute atomic E-state index is 0.200. The van der Waals surface area contributed by atoms with Crippen molar-refractivity contribution in [1.82, 2.24) is 9.88 Å². The summed E-state index contributed by atoms with van der Waals surface area (Å²) in [6.07, 6.45) is 0. The number of morpholine rings is 1. The number of benzene rings is 1. The Hall–Kier alpha value is -2.25. The van der Waals surface area contributed by atoms with E-state index in [0.717, 1.165) is 10.6 Å². The molecule has 0 spiro atoms. The molecule has 0 unspecified atom stereocenters. The van der Waals surface area contributed by atoms with Crippen molar-refractivity contribution >= 4 is 23.2 Å². The second kappa shape index (κ2) is 7.55. The summed E-state index contributed by atoms with van der Waals surface area (Å²) in [5, 5.41) is 0.778. The Kier molecular flexibility index (Phi) is 5.22. The molecule has 2 aromatic rings. The minimum atomic E-state index is -0.513. The van der Waals surface area contributed by atoms with Crippen LogP contribution in [0.15, 0.2) is 30.3 Å². The fourth-order valence-electron chi connectivity index (χ4n) is 2.45. The third-order valence-electron chi connectivity index (χ3n) is 3.66. The van der Waals surface area contributed by atoms with E-state index in [2.05, 4.69) is 4.98 Å². The van der Waals surface area contributed by atoms with E-state index in [0.29, 0.717) is 36.9 Å². The fourth-order valence-corrected chi connectivity index (χ4v) is 3.29. The number of thiazole rings is 1. The van der Waals surface area contributed by atoms with E-state index in [9.17, 15) is 9.59 Å². The molecule has 0 radical (unpaired) electrons. The summed E-state index contributed by atoms with van der Waals surface area (Å²) in [6, 6.07) is 9.47. The van der Waals surface area contributed by atoms with Gasteiger partial charge in [-0.05, 0) is 6.92 Å². The normalized spacial score (nSPS) is 14.5. The van der Waals surface area contributed by atoms with Crippen LogP contribution in [0.2, 0.25) is 0 Å². The van der Waals surface area contributed by atoms with Crippen molar-refractivity contribution in [2.75, 3.05) is 32.9 Å². The Bertz CT molecular complexity index is 723. The molecule has 6 nitrogen and oxygen atoms in total. The summed E-state index contributed by atoms with van der Waals surface area (Å²) in [7, 11) is 0. The van der Waals surface area contributed by atoms with E-state index in [4.69, 9.17) is 9.47 Å². The van der Waals surface area contributed by atoms with Gasteiger partial charge in [0, 0.05) is 18.7 Å². The van der Waals surface area contributed by atoms with Crippen molar-refractivity contribution in [2.24, 2.45) is 0 Å². The molecule has 0 aliphatic carbocycles. The van der Waals surface area contributed by atoms with Crippen LogP contribution < -0.4 is 0 Å². The van der Waals surface area contributed by atoms with E-state index in [1.165, 1.54) is 11.3 Å². The number of ether oxygens (including phenoxy) is 2. The first-order valence-electron chi connectivity index (χ1n) is 7.70. The van der Waals surface area contributed by atoms with Crippen molar-refractivity contribution in [3.05, 3.63) is 40.2 Å². The highest BCUT2D eigenvalue weighted by Gasteiger charge is 2.22. The minimum Gasteiger partial charge on any atom is -0.451 e. The quantitative estimate of drug-likeness (QED) is 0.794. The zero-order valence-corrected chi connectivity index (χ0v) is 14.2. The highest BCUT2D eigenvalue weighted by atomic mass is 32.1. The van der Waals surface area contributed by atoms with Crippen LogP contribution in [0.1, 0.15) is 14.7 Å². The third kappa shape index (κ3) is 3.80. The molecule has 7 heteroatoms. The van der Waals surface area contributed by atoms with Gasteiger partial charge in [0.15, 0.2) is 6.61 Å². The van der Waals surface area contributed by atoms with Gasteiger partial charge in [-0.25, -0.2) is 9.78 Å². The molecular weight excluding hydrogens is 328 g/mol. The molecule has 0 atom stereocenters. The first-order chi connectivity index (χ1) is 11.6. The Morgan fingerprint density at radius 2 is 1.96 bits per heavy atom. The van der Waals surface area contributed by atoms with Crippen LogP contribution >= 0.6 is 11.3 Å². The maximum absolute atomic E-state index is 12.4. The second-order valence-corrected chi connectivity index (χ2v) is 6.55. The third-order valence-corrected chi connectivity index (χ3v) is 4.61. The highest BCUT2D eigenvalue weighted by molar-refractivity contribution is 7.14. The zero-order chi connectivity index (χ0) is 16.9. The smallest absolute Gasteiger partial charge is 0.351 e. The topological polar surface area (TPSA) is 68.7 Å². The number of amides is 1. The highest BCUT2D eigenvalue weighted by Crippen LogP contribution is 2.28. The maximum Gasteiger partial charge on any atom is 0.351 e. The molecule has 126 valence electrons. The number of carbonyl (C=O) groups is 2. The van der Waals surface area contributed by atoms with Crippen molar-refractivity contribution in [1.29, 1.82) is 0 Å². The average Bonchev–Trinajstić information content (AvgIpc) is 3.03. The fraction of sp³-hybridized carbons (Fsp3) is 0.353. The van der Waals surface area contributed by atoms with E-state index in [1.54, 1.807) is 4.90 Å². The molecule has 0 bridgehead atoms. The molecule has 24 heavy (non-hydrogen) atoms. The van der Waals surface area contributed by atoms with Gasteiger partial charge in [0.1, 0.15) is 4.88 Å². The molecular formula is C17H18N2O4S. The number of aryl methyl sites for hydroxylation is 1. The Labute approximate surface area is 144 Å². The number of carbonyl (C=O) groups excluding carboxylic acids is 2. The molecule has 1 aliphatic rings. The first kappa shape index (κ1) is 16.6. The average molecular weight is 346 g/mol. The number of esters is 1. The van der Waals surface area contributed by atoms with Crippen molar-refractivity contribution in [2.45, 2.75) is 6.92 Å². The number of hydrogen-bond acceptors (Lipinski definition) is 6. The van der Waals surface area contributed by atoms with Gasteiger partial charge >= 0.3 is 5.97 Å². The summed E-state index contributed by atoms with van der Waals surface area (Å²) >= 11 is 1.27. The largest absolute Gasteiger partial charge is 0.451 e. The Morgan fingerprint density at radius 1 is 1.25 bits per heavy atom. The second-order valence-electron chi connectivity index (χ2n) is 5.35. The van der Waals surface area contributed by atoms with Crippen molar-refractivity contribution in [3.63, 3.8) is 0 Å². The van der Waals surface area contributed by atoms with Crippen LogP contribution in [0.3, 0.4) is 0 Å². The molecule has 3 rings (SSSR count). The van der Waals surface area contributed by atoms with Crippen LogP contribution in [0.4, 0.5) is 0 Å². The number of rotatable bonds is 4. The van der Waals surface area contributed by atoms with Gasteiger partial charge in [0.25, 0.3) is 5.91 Å². The van der Waals surface area contributed by atoms with Crippen LogP contribution in [0, 0.1) is 6.92 Å². The summed E-state index contributed by atoms with van der Waals surface area (Å²) in [5.74, 6) is -0.713. The maximum atomic E-state index is 12.4. The van der Waals surface area contributed by atoms with Crippen molar-refractivity contribution in [3.8, 4) is 11.3 Å². The molecule has 2 heterocycles. The SMILES string of the molecule is Cc1nc(-c2ccccc2)c(C(=O)OCC(=O)N2CCOCC2)s1. The van der Waals surface area contributed by atoms with Crippen LogP contribution in [-0.4, -0.2) is 54.7 Å². The van der Waals surface area contributed by atoms with E-state index < -0.39 is 5.97 Å². The molecule has 1 aromatic heterocycles. The van der Waals surface area contributed by atoms with Gasteiger partial charge in [-0.2, -0.15) is 0 Å². The van der Waals surface area contributed by atoms with E-state index in [-0.39, 0.29) is 12.5 Å². The van der Waals surface area contributed by atoms with Gasteiger partial charge in [0.2, 0.25) is 0 Å². The summed E-state index contributed by atoms with van der Waals surface area (Å²) in [5.41, 5.74) is 1.45. The van der Waals surface area contributed by atoms with Crippen LogP contribution in [-0.2, 0) is 14.3 Å². The number of hydrogen-bond donors (Lipinski definition) is 0. The lowest BCUT2D eigenvalue weighted by atomic mass is 10.1. The molecule has 1 aliphatic heterocycles. The monoisotopic (exact) mass is 346 g/mol. The zero-order valence-electron chi connectivity index (χ0n) is 13.4. The van der Waals surface area contributed by atoms with Gasteiger partial charge in [0.05, 0.1) is 23.9 Å². The molecule has 1 fully saturated rings. The number of aromatic nitrogens is 1. The summed E-state index contributed by atoms with van der Waals surface area (Å²) < 4.78 is 10.4. The molecule has 1 amide bonds. The molecule has 0 saturated carbocycles. The predicted molar refractivity (Wildman–Crippen MR) is 90.0 cm³/mol. The van der Waals surface area contributed by atoms with Gasteiger partial charge in [-0.15, -0.1) is 11.3 Å². The Balaban J connectivity index is 1.68. The number of nitrogens with zero attached hydrogens (tertiary/aromatic N) is 2. The summed E-state index contributed by atoms with van der Waals surface area (Å²) in [6.45, 7) is 3.69. The molecule has 1 saturated heterocycles. The molecule has 0 N–H and O–H groups in total. The van der Waals surface area contributed by atoms with Crippen LogP contribution in [0.25, 0.3) is 11.3 Å². The van der Waals surface area contributed by atoms with Crippen molar-refractivity contribution < 1.29 is 19.1 Å². The Morgan fingerprint density at radius 3 is 2.67 bits per heavy atom. The predicted octanol–water partition coefficient (Wildman–Crippen LogP) is 2.13. The first-order valence-corrected chi connectivity index (χ1v) is 8.52. The van der Waals surface area contributed by atoms with Gasteiger partial charge in [-0.3, -0.25) is 4.79 Å². The van der Waals surface area contributed by atoms with Crippen LogP contribution in [0.5, 0.6) is 0 Å². The van der Waals surface area contributed by atoms with Gasteiger partial charge < -0.3 is 14.4 Å². The standard InChI is InChI=1S/C17H18N2O4S/c1-12-18-15(13-5-3-2-4-6-13)16(24-12)17(21)23-11-14(20)19-7-9-22-10-8-19/h2-6H,7-11H2,1H3. The van der Waals surface area contributed by atoms with E-state index >= 15 is 0 Å². The van der Waals surface area contributed by atoms with Gasteiger partial charge in [-0.1, -0.05) is 30.3 Å². The lowest BCUT2D eigenvalue weighted by molar-refractivity contribution is -0.138.